The molecule has 1 aromatic carbocycles. The van der Waals surface area contributed by atoms with E-state index in [-0.39, 0.29) is 0 Å². The van der Waals surface area contributed by atoms with Crippen molar-refractivity contribution >= 4 is 5.57 Å². The van der Waals surface area contributed by atoms with Gasteiger partial charge in [0.1, 0.15) is 6.10 Å². The molecule has 0 amide bonds. The molecule has 1 aromatic rings. The van der Waals surface area contributed by atoms with Crippen LogP contribution in [0.3, 0.4) is 0 Å². The van der Waals surface area contributed by atoms with Crippen LogP contribution in [0.2, 0.25) is 0 Å². The third-order valence-corrected chi connectivity index (χ3v) is 3.05. The van der Waals surface area contributed by atoms with Crippen LogP contribution in [-0.4, -0.2) is 12.2 Å². The first-order chi connectivity index (χ1) is 6.95. The average Bonchev–Trinajstić information content (AvgIpc) is 2.97. The molecule has 1 heteroatoms. The summed E-state index contributed by atoms with van der Waals surface area (Å²) in [4.78, 5) is 0. The first-order valence-corrected chi connectivity index (χ1v) is 5.36. The van der Waals surface area contributed by atoms with E-state index in [4.69, 9.17) is 4.74 Å². The van der Waals surface area contributed by atoms with Gasteiger partial charge in [0.15, 0.2) is 0 Å². The van der Waals surface area contributed by atoms with Crippen LogP contribution in [0.1, 0.15) is 24.8 Å². The van der Waals surface area contributed by atoms with Crippen LogP contribution < -0.4 is 0 Å². The van der Waals surface area contributed by atoms with E-state index in [2.05, 4.69) is 36.4 Å². The van der Waals surface area contributed by atoms with Crippen molar-refractivity contribution in [3.05, 3.63) is 42.0 Å². The number of hydrogen-bond donors (Lipinski definition) is 0. The minimum absolute atomic E-state index is 0.403. The largest absolute Gasteiger partial charge is 0.364 e. The second-order valence-corrected chi connectivity index (χ2v) is 4.05. The van der Waals surface area contributed by atoms with E-state index in [0.29, 0.717) is 12.2 Å². The molecule has 1 aliphatic carbocycles. The van der Waals surface area contributed by atoms with Crippen LogP contribution in [0.25, 0.3) is 5.57 Å². The lowest BCUT2D eigenvalue weighted by atomic mass is 10.0. The second-order valence-electron chi connectivity index (χ2n) is 4.05. The summed E-state index contributed by atoms with van der Waals surface area (Å²) in [7, 11) is 0. The highest BCUT2D eigenvalue weighted by atomic mass is 16.6. The number of rotatable bonds is 1. The Morgan fingerprint density at radius 1 is 1.14 bits per heavy atom. The topological polar surface area (TPSA) is 12.5 Å². The summed E-state index contributed by atoms with van der Waals surface area (Å²) in [5.74, 6) is 0. The summed E-state index contributed by atoms with van der Waals surface area (Å²) in [5, 5.41) is 0. The molecule has 0 bridgehead atoms. The molecular weight excluding hydrogens is 172 g/mol. The van der Waals surface area contributed by atoms with Crippen LogP contribution >= 0.6 is 0 Å². The van der Waals surface area contributed by atoms with Gasteiger partial charge in [0.05, 0.1) is 6.10 Å². The summed E-state index contributed by atoms with van der Waals surface area (Å²) in [6.07, 6.45) is 6.99. The van der Waals surface area contributed by atoms with Gasteiger partial charge >= 0.3 is 0 Å². The molecule has 72 valence electrons. The number of benzene rings is 1. The van der Waals surface area contributed by atoms with Crippen molar-refractivity contribution in [3.8, 4) is 0 Å². The Morgan fingerprint density at radius 2 is 2.00 bits per heavy atom. The summed E-state index contributed by atoms with van der Waals surface area (Å²) in [6.45, 7) is 0. The lowest BCUT2D eigenvalue weighted by Crippen LogP contribution is -1.95. The molecule has 0 aromatic heterocycles. The standard InChI is InChI=1S/C13H14O/c1-2-6-10(7-3-1)11-8-4-5-9-12-13(11)14-12/h1-3,6-8,12-13H,4-5,9H2/t12-,13+/m0/s1. The molecule has 0 unspecified atom stereocenters. The van der Waals surface area contributed by atoms with Gasteiger partial charge in [-0.3, -0.25) is 0 Å². The molecule has 0 radical (unpaired) electrons. The van der Waals surface area contributed by atoms with Gasteiger partial charge in [-0.15, -0.1) is 0 Å². The lowest BCUT2D eigenvalue weighted by molar-refractivity contribution is 0.375. The molecule has 1 nitrogen and oxygen atoms in total. The Morgan fingerprint density at radius 3 is 2.86 bits per heavy atom. The van der Waals surface area contributed by atoms with Crippen molar-refractivity contribution < 1.29 is 4.74 Å². The molecule has 14 heavy (non-hydrogen) atoms. The van der Waals surface area contributed by atoms with E-state index >= 15 is 0 Å². The monoisotopic (exact) mass is 186 g/mol. The molecule has 2 aliphatic rings. The Labute approximate surface area is 84.4 Å². The fraction of sp³-hybridized carbons (Fsp3) is 0.385. The molecule has 2 atom stereocenters. The van der Waals surface area contributed by atoms with Gasteiger partial charge in [0.25, 0.3) is 0 Å². The molecule has 1 aliphatic heterocycles. The van der Waals surface area contributed by atoms with E-state index in [9.17, 15) is 0 Å². The third-order valence-electron chi connectivity index (χ3n) is 3.05. The van der Waals surface area contributed by atoms with Crippen molar-refractivity contribution in [2.45, 2.75) is 31.5 Å². The van der Waals surface area contributed by atoms with Gasteiger partial charge in [-0.05, 0) is 30.4 Å². The minimum Gasteiger partial charge on any atom is -0.364 e. The highest BCUT2D eigenvalue weighted by Gasteiger charge is 2.42. The zero-order valence-corrected chi connectivity index (χ0v) is 8.15. The zero-order valence-electron chi connectivity index (χ0n) is 8.15. The number of epoxide rings is 1. The molecule has 1 fully saturated rings. The zero-order chi connectivity index (χ0) is 9.38. The quantitative estimate of drug-likeness (QED) is 0.614. The summed E-state index contributed by atoms with van der Waals surface area (Å²) in [6, 6.07) is 10.6. The van der Waals surface area contributed by atoms with Crippen molar-refractivity contribution in [2.75, 3.05) is 0 Å². The van der Waals surface area contributed by atoms with Gasteiger partial charge < -0.3 is 4.74 Å². The summed E-state index contributed by atoms with van der Waals surface area (Å²) >= 11 is 0. The maximum absolute atomic E-state index is 5.66. The normalized spacial score (nSPS) is 30.1. The van der Waals surface area contributed by atoms with Crippen LogP contribution in [0.15, 0.2) is 36.4 Å². The minimum atomic E-state index is 0.403. The van der Waals surface area contributed by atoms with Gasteiger partial charge in [-0.1, -0.05) is 36.4 Å². The van der Waals surface area contributed by atoms with Gasteiger partial charge in [-0.25, -0.2) is 0 Å². The van der Waals surface area contributed by atoms with Gasteiger partial charge in [0, 0.05) is 0 Å². The van der Waals surface area contributed by atoms with E-state index < -0.39 is 0 Å². The van der Waals surface area contributed by atoms with Crippen LogP contribution in [0.4, 0.5) is 0 Å². The van der Waals surface area contributed by atoms with Crippen LogP contribution in [-0.2, 0) is 4.74 Å². The first-order valence-electron chi connectivity index (χ1n) is 5.36. The summed E-state index contributed by atoms with van der Waals surface area (Å²) < 4.78 is 5.66. The maximum atomic E-state index is 5.66. The van der Waals surface area contributed by atoms with Crippen molar-refractivity contribution in [1.29, 1.82) is 0 Å². The first kappa shape index (κ1) is 8.25. The highest BCUT2D eigenvalue weighted by Crippen LogP contribution is 2.40. The lowest BCUT2D eigenvalue weighted by Gasteiger charge is -2.02. The molecule has 0 spiro atoms. The predicted molar refractivity (Wildman–Crippen MR) is 56.9 cm³/mol. The van der Waals surface area contributed by atoms with Crippen LogP contribution in [0.5, 0.6) is 0 Å². The number of hydrogen-bond acceptors (Lipinski definition) is 1. The van der Waals surface area contributed by atoms with Crippen molar-refractivity contribution in [3.63, 3.8) is 0 Å². The smallest absolute Gasteiger partial charge is 0.109 e. The fourth-order valence-corrected chi connectivity index (χ4v) is 2.24. The Balaban J connectivity index is 1.93. The molecule has 1 saturated heterocycles. The number of fused-ring (bicyclic) bond motifs is 1. The highest BCUT2D eigenvalue weighted by molar-refractivity contribution is 5.71. The van der Waals surface area contributed by atoms with Crippen LogP contribution in [0, 0.1) is 0 Å². The average molecular weight is 186 g/mol. The summed E-state index contributed by atoms with van der Waals surface area (Å²) in [5.41, 5.74) is 2.75. The van der Waals surface area contributed by atoms with E-state index in [1.807, 2.05) is 0 Å². The number of ether oxygens (including phenoxy) is 1. The third kappa shape index (κ3) is 1.38. The SMILES string of the molecule is C1=C(c2ccccc2)[C@H]2O[C@H]2CCC1. The molecule has 0 saturated carbocycles. The molecular formula is C13H14O. The van der Waals surface area contributed by atoms with E-state index in [1.54, 1.807) is 0 Å². The van der Waals surface area contributed by atoms with Gasteiger partial charge in [0.2, 0.25) is 0 Å². The Bertz CT molecular complexity index is 353. The van der Waals surface area contributed by atoms with E-state index in [0.717, 1.165) is 0 Å². The second kappa shape index (κ2) is 3.25. The van der Waals surface area contributed by atoms with Crippen molar-refractivity contribution in [1.82, 2.24) is 0 Å². The fourth-order valence-electron chi connectivity index (χ4n) is 2.24. The molecule has 3 rings (SSSR count). The predicted octanol–water partition coefficient (Wildman–Crippen LogP) is 3.02. The Kier molecular flexibility index (Phi) is 1.91. The Hall–Kier alpha value is -1.08. The van der Waals surface area contributed by atoms with Gasteiger partial charge in [-0.2, -0.15) is 0 Å². The number of allylic oxidation sites excluding steroid dienone is 1. The maximum Gasteiger partial charge on any atom is 0.109 e. The van der Waals surface area contributed by atoms with Crippen molar-refractivity contribution in [2.24, 2.45) is 0 Å². The van der Waals surface area contributed by atoms with E-state index in [1.165, 1.54) is 30.4 Å². The molecule has 0 N–H and O–H groups in total. The molecule has 1 heterocycles.